The van der Waals surface area contributed by atoms with Crippen molar-refractivity contribution in [3.63, 3.8) is 0 Å². The van der Waals surface area contributed by atoms with Gasteiger partial charge in [0, 0.05) is 39.1 Å². The smallest absolute Gasteiger partial charge is 0.323 e. The summed E-state index contributed by atoms with van der Waals surface area (Å²) in [6.45, 7) is 13.4. The number of rotatable bonds is 6. The molecule has 6 heteroatoms. The lowest BCUT2D eigenvalue weighted by Gasteiger charge is -2.32. The van der Waals surface area contributed by atoms with Gasteiger partial charge in [-0.1, -0.05) is 13.8 Å². The van der Waals surface area contributed by atoms with Gasteiger partial charge in [0.05, 0.1) is 0 Å². The number of carbonyl (C=O) groups is 2. The van der Waals surface area contributed by atoms with Gasteiger partial charge in [-0.3, -0.25) is 9.59 Å². The normalized spacial score (nSPS) is 18.1. The first-order chi connectivity index (χ1) is 10.6. The number of amides is 1. The standard InChI is InChI=1S/C17H33N3O3/c1-13(2)15(16(22)23-17(3,4)5)18-8-7-14(21)20-11-9-19(6)10-12-20/h13,15,18H,7-12H2,1-6H3/t15-/m1/s1. The van der Waals surface area contributed by atoms with E-state index in [-0.39, 0.29) is 23.8 Å². The average molecular weight is 327 g/mol. The largest absolute Gasteiger partial charge is 0.459 e. The van der Waals surface area contributed by atoms with E-state index in [4.69, 9.17) is 4.74 Å². The molecule has 1 rings (SSSR count). The topological polar surface area (TPSA) is 61.9 Å². The second-order valence-corrected chi connectivity index (χ2v) is 7.64. The zero-order valence-electron chi connectivity index (χ0n) is 15.5. The van der Waals surface area contributed by atoms with Gasteiger partial charge >= 0.3 is 5.97 Å². The lowest BCUT2D eigenvalue weighted by atomic mass is 10.0. The van der Waals surface area contributed by atoms with Crippen LogP contribution in [0.1, 0.15) is 41.0 Å². The third-order valence-corrected chi connectivity index (χ3v) is 3.89. The Hall–Kier alpha value is -1.14. The second-order valence-electron chi connectivity index (χ2n) is 7.64. The fourth-order valence-corrected chi connectivity index (χ4v) is 2.51. The molecule has 0 radical (unpaired) electrons. The number of hydrogen-bond donors (Lipinski definition) is 1. The maximum absolute atomic E-state index is 12.2. The number of ether oxygens (including phenoxy) is 1. The van der Waals surface area contributed by atoms with Crippen molar-refractivity contribution in [2.75, 3.05) is 39.8 Å². The fourth-order valence-electron chi connectivity index (χ4n) is 2.51. The molecule has 0 aromatic rings. The molecule has 1 atom stereocenters. The Labute approximate surface area is 140 Å². The van der Waals surface area contributed by atoms with Crippen LogP contribution in [0.4, 0.5) is 0 Å². The summed E-state index contributed by atoms with van der Waals surface area (Å²) in [5, 5.41) is 3.19. The van der Waals surface area contributed by atoms with Gasteiger partial charge in [0.25, 0.3) is 0 Å². The first kappa shape index (κ1) is 19.9. The molecule has 23 heavy (non-hydrogen) atoms. The zero-order chi connectivity index (χ0) is 17.6. The average Bonchev–Trinajstić information content (AvgIpc) is 2.41. The third kappa shape index (κ3) is 7.31. The SMILES string of the molecule is CC(C)[C@@H](NCCC(=O)N1CCN(C)CC1)C(=O)OC(C)(C)C. The molecule has 1 aliphatic heterocycles. The Morgan fingerprint density at radius 2 is 1.70 bits per heavy atom. The van der Waals surface area contributed by atoms with E-state index in [2.05, 4.69) is 17.3 Å². The number of esters is 1. The van der Waals surface area contributed by atoms with Gasteiger partial charge in [0.2, 0.25) is 5.91 Å². The Morgan fingerprint density at radius 3 is 2.17 bits per heavy atom. The summed E-state index contributed by atoms with van der Waals surface area (Å²) >= 11 is 0. The number of nitrogens with zero attached hydrogens (tertiary/aromatic N) is 2. The Morgan fingerprint density at radius 1 is 1.13 bits per heavy atom. The van der Waals surface area contributed by atoms with Gasteiger partial charge in [-0.25, -0.2) is 0 Å². The van der Waals surface area contributed by atoms with Crippen LogP contribution in [0.5, 0.6) is 0 Å². The number of piperazine rings is 1. The van der Waals surface area contributed by atoms with E-state index in [1.165, 1.54) is 0 Å². The van der Waals surface area contributed by atoms with Gasteiger partial charge in [-0.2, -0.15) is 0 Å². The van der Waals surface area contributed by atoms with Crippen LogP contribution in [0.2, 0.25) is 0 Å². The Balaban J connectivity index is 2.41. The predicted molar refractivity (Wildman–Crippen MR) is 91.2 cm³/mol. The first-order valence-electron chi connectivity index (χ1n) is 8.52. The van der Waals surface area contributed by atoms with Crippen molar-refractivity contribution in [2.45, 2.75) is 52.7 Å². The van der Waals surface area contributed by atoms with Gasteiger partial charge in [0.1, 0.15) is 11.6 Å². The predicted octanol–water partition coefficient (Wildman–Crippen LogP) is 1.11. The van der Waals surface area contributed by atoms with E-state index in [0.717, 1.165) is 26.2 Å². The molecule has 1 heterocycles. The monoisotopic (exact) mass is 327 g/mol. The molecule has 0 aliphatic carbocycles. The van der Waals surface area contributed by atoms with Crippen LogP contribution >= 0.6 is 0 Å². The molecule has 1 fully saturated rings. The summed E-state index contributed by atoms with van der Waals surface area (Å²) in [5.74, 6) is 0.0143. The summed E-state index contributed by atoms with van der Waals surface area (Å²) in [4.78, 5) is 28.6. The molecule has 1 saturated heterocycles. The van der Waals surface area contributed by atoms with E-state index in [1.807, 2.05) is 39.5 Å². The molecule has 134 valence electrons. The maximum atomic E-state index is 12.2. The minimum absolute atomic E-state index is 0.114. The molecule has 6 nitrogen and oxygen atoms in total. The van der Waals surface area contributed by atoms with Gasteiger partial charge < -0.3 is 19.9 Å². The summed E-state index contributed by atoms with van der Waals surface area (Å²) in [7, 11) is 2.07. The quantitative estimate of drug-likeness (QED) is 0.741. The molecule has 1 aliphatic rings. The summed E-state index contributed by atoms with van der Waals surface area (Å²) in [5.41, 5.74) is -0.498. The number of likely N-dealkylation sites (N-methyl/N-ethyl adjacent to an activating group) is 1. The maximum Gasteiger partial charge on any atom is 0.323 e. The lowest BCUT2D eigenvalue weighted by Crippen LogP contribution is -2.49. The molecule has 0 saturated carbocycles. The molecular formula is C17H33N3O3. The molecule has 0 unspecified atom stereocenters. The van der Waals surface area contributed by atoms with Crippen molar-refractivity contribution >= 4 is 11.9 Å². The van der Waals surface area contributed by atoms with Crippen LogP contribution in [-0.4, -0.2) is 73.1 Å². The van der Waals surface area contributed by atoms with Crippen molar-refractivity contribution in [2.24, 2.45) is 5.92 Å². The second kappa shape index (κ2) is 8.64. The van der Waals surface area contributed by atoms with Gasteiger partial charge in [-0.15, -0.1) is 0 Å². The molecule has 0 bridgehead atoms. The van der Waals surface area contributed by atoms with Crippen LogP contribution in [0.25, 0.3) is 0 Å². The number of hydrogen-bond acceptors (Lipinski definition) is 5. The van der Waals surface area contributed by atoms with Crippen LogP contribution in [-0.2, 0) is 14.3 Å². The van der Waals surface area contributed by atoms with Crippen molar-refractivity contribution < 1.29 is 14.3 Å². The van der Waals surface area contributed by atoms with Gasteiger partial charge in [-0.05, 0) is 33.7 Å². The molecule has 0 aromatic heterocycles. The van der Waals surface area contributed by atoms with Crippen molar-refractivity contribution in [1.82, 2.24) is 15.1 Å². The van der Waals surface area contributed by atoms with E-state index in [0.29, 0.717) is 13.0 Å². The Bertz CT molecular complexity index is 396. The Kier molecular flexibility index (Phi) is 7.48. The van der Waals surface area contributed by atoms with Crippen LogP contribution in [0.15, 0.2) is 0 Å². The van der Waals surface area contributed by atoms with E-state index in [9.17, 15) is 9.59 Å². The van der Waals surface area contributed by atoms with Crippen LogP contribution in [0, 0.1) is 5.92 Å². The molecule has 1 amide bonds. The molecule has 0 spiro atoms. The summed E-state index contributed by atoms with van der Waals surface area (Å²) < 4.78 is 5.44. The van der Waals surface area contributed by atoms with Crippen molar-refractivity contribution in [3.8, 4) is 0 Å². The summed E-state index contributed by atoms with van der Waals surface area (Å²) in [6, 6.07) is -0.380. The van der Waals surface area contributed by atoms with Crippen molar-refractivity contribution in [1.29, 1.82) is 0 Å². The zero-order valence-corrected chi connectivity index (χ0v) is 15.5. The molecular weight excluding hydrogens is 294 g/mol. The van der Waals surface area contributed by atoms with Crippen LogP contribution in [0.3, 0.4) is 0 Å². The molecule has 1 N–H and O–H groups in total. The minimum Gasteiger partial charge on any atom is -0.459 e. The van der Waals surface area contributed by atoms with Crippen molar-refractivity contribution in [3.05, 3.63) is 0 Å². The number of nitrogens with one attached hydrogen (secondary N) is 1. The minimum atomic E-state index is -0.498. The third-order valence-electron chi connectivity index (χ3n) is 3.89. The highest BCUT2D eigenvalue weighted by molar-refractivity contribution is 5.78. The first-order valence-corrected chi connectivity index (χ1v) is 8.52. The highest BCUT2D eigenvalue weighted by Crippen LogP contribution is 2.12. The molecule has 0 aromatic carbocycles. The highest BCUT2D eigenvalue weighted by Gasteiger charge is 2.27. The lowest BCUT2D eigenvalue weighted by molar-refractivity contribution is -0.158. The van der Waals surface area contributed by atoms with Gasteiger partial charge in [0.15, 0.2) is 0 Å². The van der Waals surface area contributed by atoms with E-state index in [1.54, 1.807) is 0 Å². The van der Waals surface area contributed by atoms with E-state index < -0.39 is 5.60 Å². The highest BCUT2D eigenvalue weighted by atomic mass is 16.6. The van der Waals surface area contributed by atoms with E-state index >= 15 is 0 Å². The number of carbonyl (C=O) groups excluding carboxylic acids is 2. The fraction of sp³-hybridized carbons (Fsp3) is 0.882. The van der Waals surface area contributed by atoms with Crippen LogP contribution < -0.4 is 5.32 Å². The summed E-state index contributed by atoms with van der Waals surface area (Å²) in [6.07, 6.45) is 0.412.